The fraction of sp³-hybridized carbons (Fsp3) is 0. The molecule has 2 rings (SSSR count). The van der Waals surface area contributed by atoms with Crippen molar-refractivity contribution in [2.75, 3.05) is 5.32 Å². The van der Waals surface area contributed by atoms with Gasteiger partial charge in [-0.25, -0.2) is 9.18 Å². The van der Waals surface area contributed by atoms with Gasteiger partial charge in [-0.15, -0.1) is 0 Å². The van der Waals surface area contributed by atoms with Crippen molar-refractivity contribution in [3.8, 4) is 0 Å². The van der Waals surface area contributed by atoms with Gasteiger partial charge in [0.15, 0.2) is 0 Å². The smallest absolute Gasteiger partial charge is 0.335 e. The largest absolute Gasteiger partial charge is 0.478 e. The molecule has 6 nitrogen and oxygen atoms in total. The molecule has 0 spiro atoms. The minimum absolute atomic E-state index is 0.00462. The molecular weight excluding hydrogens is 347 g/mol. The number of anilines is 2. The Kier molecular flexibility index (Phi) is 4.18. The van der Waals surface area contributed by atoms with Gasteiger partial charge in [0.2, 0.25) is 0 Å². The van der Waals surface area contributed by atoms with Crippen molar-refractivity contribution in [2.45, 2.75) is 0 Å². The fourth-order valence-corrected chi connectivity index (χ4v) is 2.03. The standard InChI is InChI=1S/C13H8BrFN2O4/c14-8-2-3-9(15)10(6-8)16-11-5-7(13(18)19)1-4-12(11)17(20)21/h1-6,16H,(H,18,19). The number of aromatic carboxylic acids is 1. The Morgan fingerprint density at radius 2 is 1.95 bits per heavy atom. The number of carboxylic acid groups (broad SMARTS) is 1. The topological polar surface area (TPSA) is 92.5 Å². The zero-order valence-corrected chi connectivity index (χ0v) is 11.9. The number of carbonyl (C=O) groups is 1. The van der Waals surface area contributed by atoms with E-state index in [9.17, 15) is 19.3 Å². The third-order valence-electron chi connectivity index (χ3n) is 2.64. The Bertz CT molecular complexity index is 736. The predicted molar refractivity (Wildman–Crippen MR) is 77.4 cm³/mol. The van der Waals surface area contributed by atoms with Crippen LogP contribution in [0.15, 0.2) is 40.9 Å². The molecule has 0 aliphatic carbocycles. The number of hydrogen-bond donors (Lipinski definition) is 2. The minimum atomic E-state index is -1.23. The summed E-state index contributed by atoms with van der Waals surface area (Å²) in [5.41, 5.74) is -0.593. The number of hydrogen-bond acceptors (Lipinski definition) is 4. The first-order valence-corrected chi connectivity index (χ1v) is 6.41. The summed E-state index contributed by atoms with van der Waals surface area (Å²) in [5.74, 6) is -1.85. The van der Waals surface area contributed by atoms with E-state index >= 15 is 0 Å². The molecule has 0 saturated heterocycles. The first-order valence-electron chi connectivity index (χ1n) is 5.62. The number of nitro groups is 1. The average molecular weight is 355 g/mol. The fourth-order valence-electron chi connectivity index (χ4n) is 1.67. The van der Waals surface area contributed by atoms with Crippen molar-refractivity contribution in [1.82, 2.24) is 0 Å². The van der Waals surface area contributed by atoms with Gasteiger partial charge in [-0.1, -0.05) is 15.9 Å². The number of benzene rings is 2. The third-order valence-corrected chi connectivity index (χ3v) is 3.13. The zero-order chi connectivity index (χ0) is 15.6. The van der Waals surface area contributed by atoms with Gasteiger partial charge in [-0.2, -0.15) is 0 Å². The molecule has 0 bridgehead atoms. The van der Waals surface area contributed by atoms with Crippen molar-refractivity contribution in [3.63, 3.8) is 0 Å². The molecule has 2 aromatic rings. The molecule has 0 aromatic heterocycles. The highest BCUT2D eigenvalue weighted by Crippen LogP contribution is 2.31. The second-order valence-corrected chi connectivity index (χ2v) is 4.96. The van der Waals surface area contributed by atoms with E-state index in [1.54, 1.807) is 0 Å². The Balaban J connectivity index is 2.50. The van der Waals surface area contributed by atoms with Crippen LogP contribution in [0.1, 0.15) is 10.4 Å². The van der Waals surface area contributed by atoms with Crippen LogP contribution in [-0.2, 0) is 0 Å². The number of rotatable bonds is 4. The molecule has 0 aliphatic heterocycles. The van der Waals surface area contributed by atoms with Crippen molar-refractivity contribution < 1.29 is 19.2 Å². The summed E-state index contributed by atoms with van der Waals surface area (Å²) in [6.07, 6.45) is 0. The van der Waals surface area contributed by atoms with Gasteiger partial charge >= 0.3 is 5.97 Å². The van der Waals surface area contributed by atoms with Gasteiger partial charge < -0.3 is 10.4 Å². The first kappa shape index (κ1) is 14.9. The highest BCUT2D eigenvalue weighted by atomic mass is 79.9. The number of nitro benzene ring substituents is 1. The van der Waals surface area contributed by atoms with Crippen LogP contribution in [0.3, 0.4) is 0 Å². The molecule has 0 heterocycles. The maximum atomic E-state index is 13.7. The van der Waals surface area contributed by atoms with Gasteiger partial charge in [-0.05, 0) is 30.3 Å². The summed E-state index contributed by atoms with van der Waals surface area (Å²) in [6.45, 7) is 0. The lowest BCUT2D eigenvalue weighted by Gasteiger charge is -2.09. The van der Waals surface area contributed by atoms with Crippen LogP contribution >= 0.6 is 15.9 Å². The van der Waals surface area contributed by atoms with Gasteiger partial charge in [-0.3, -0.25) is 10.1 Å². The third kappa shape index (κ3) is 3.34. The monoisotopic (exact) mass is 354 g/mol. The van der Waals surface area contributed by atoms with E-state index in [-0.39, 0.29) is 22.6 Å². The van der Waals surface area contributed by atoms with Gasteiger partial charge in [0.25, 0.3) is 5.69 Å². The summed E-state index contributed by atoms with van der Waals surface area (Å²) in [4.78, 5) is 21.2. The van der Waals surface area contributed by atoms with E-state index in [4.69, 9.17) is 5.11 Å². The lowest BCUT2D eigenvalue weighted by molar-refractivity contribution is -0.383. The van der Waals surface area contributed by atoms with E-state index in [1.165, 1.54) is 18.2 Å². The first-order chi connectivity index (χ1) is 9.88. The van der Waals surface area contributed by atoms with Crippen molar-refractivity contribution in [2.24, 2.45) is 0 Å². The molecular formula is C13H8BrFN2O4. The maximum absolute atomic E-state index is 13.7. The molecule has 0 radical (unpaired) electrons. The molecule has 2 N–H and O–H groups in total. The Hall–Kier alpha value is -2.48. The summed E-state index contributed by atoms with van der Waals surface area (Å²) in [7, 11) is 0. The molecule has 21 heavy (non-hydrogen) atoms. The van der Waals surface area contributed by atoms with E-state index in [0.717, 1.165) is 18.2 Å². The molecule has 0 aliphatic rings. The molecule has 0 unspecified atom stereocenters. The molecule has 0 amide bonds. The van der Waals surface area contributed by atoms with E-state index in [1.807, 2.05) is 0 Å². The second-order valence-electron chi connectivity index (χ2n) is 4.04. The maximum Gasteiger partial charge on any atom is 0.335 e. The lowest BCUT2D eigenvalue weighted by atomic mass is 10.1. The number of halogens is 2. The van der Waals surface area contributed by atoms with Crippen LogP contribution in [0.5, 0.6) is 0 Å². The highest BCUT2D eigenvalue weighted by molar-refractivity contribution is 9.10. The van der Waals surface area contributed by atoms with Crippen LogP contribution in [0.25, 0.3) is 0 Å². The van der Waals surface area contributed by atoms with Crippen LogP contribution in [0, 0.1) is 15.9 Å². The van der Waals surface area contributed by atoms with Crippen LogP contribution in [0.2, 0.25) is 0 Å². The molecule has 8 heteroatoms. The van der Waals surface area contributed by atoms with Gasteiger partial charge in [0.1, 0.15) is 11.5 Å². The van der Waals surface area contributed by atoms with Crippen molar-refractivity contribution in [1.29, 1.82) is 0 Å². The van der Waals surface area contributed by atoms with Crippen molar-refractivity contribution in [3.05, 3.63) is 62.4 Å². The van der Waals surface area contributed by atoms with Crippen LogP contribution < -0.4 is 5.32 Å². The van der Waals surface area contributed by atoms with Gasteiger partial charge in [0, 0.05) is 10.5 Å². The quantitative estimate of drug-likeness (QED) is 0.640. The van der Waals surface area contributed by atoms with Gasteiger partial charge in [0.05, 0.1) is 16.2 Å². The normalized spacial score (nSPS) is 10.2. The predicted octanol–water partition coefficient (Wildman–Crippen LogP) is 3.94. The summed E-state index contributed by atoms with van der Waals surface area (Å²) in [6, 6.07) is 7.31. The van der Waals surface area contributed by atoms with Crippen LogP contribution in [-0.4, -0.2) is 16.0 Å². The molecule has 2 aromatic carbocycles. The number of nitrogens with zero attached hydrogens (tertiary/aromatic N) is 1. The van der Waals surface area contributed by atoms with E-state index < -0.39 is 16.7 Å². The Morgan fingerprint density at radius 3 is 2.57 bits per heavy atom. The molecule has 0 saturated carbocycles. The number of carboxylic acids is 1. The summed E-state index contributed by atoms with van der Waals surface area (Å²) < 4.78 is 14.3. The van der Waals surface area contributed by atoms with E-state index in [0.29, 0.717) is 4.47 Å². The summed E-state index contributed by atoms with van der Waals surface area (Å²) >= 11 is 3.16. The molecule has 108 valence electrons. The minimum Gasteiger partial charge on any atom is -0.478 e. The second kappa shape index (κ2) is 5.88. The Morgan fingerprint density at radius 1 is 1.24 bits per heavy atom. The number of nitrogens with one attached hydrogen (secondary N) is 1. The Labute approximate surface area is 126 Å². The van der Waals surface area contributed by atoms with Crippen molar-refractivity contribution >= 4 is 39.0 Å². The van der Waals surface area contributed by atoms with Crippen LogP contribution in [0.4, 0.5) is 21.5 Å². The molecule has 0 fully saturated rings. The average Bonchev–Trinajstić information content (AvgIpc) is 2.42. The highest BCUT2D eigenvalue weighted by Gasteiger charge is 2.17. The molecule has 0 atom stereocenters. The summed E-state index contributed by atoms with van der Waals surface area (Å²) in [5, 5.41) is 22.4. The van der Waals surface area contributed by atoms with E-state index in [2.05, 4.69) is 21.2 Å². The zero-order valence-electron chi connectivity index (χ0n) is 10.3. The lowest BCUT2D eigenvalue weighted by Crippen LogP contribution is -2.02. The SMILES string of the molecule is O=C(O)c1ccc([N+](=O)[O-])c(Nc2cc(Br)ccc2F)c1.